The van der Waals surface area contributed by atoms with E-state index < -0.39 is 0 Å². The second kappa shape index (κ2) is 13.5. The highest BCUT2D eigenvalue weighted by molar-refractivity contribution is 7.67. The maximum absolute atomic E-state index is 5.36. The topological polar surface area (TPSA) is 26.0 Å². The van der Waals surface area contributed by atoms with Crippen LogP contribution in [0.15, 0.2) is 0 Å². The lowest BCUT2D eigenvalue weighted by Crippen LogP contribution is -2.31. The molecule has 0 saturated carbocycles. The molecule has 0 aromatic heterocycles. The number of nitrogens with two attached hydrogens (primary N) is 1. The maximum atomic E-state index is 5.36. The molecule has 0 spiro atoms. The first kappa shape index (κ1) is 14.5. The van der Waals surface area contributed by atoms with E-state index in [1.807, 2.05) is 56.4 Å². The third-order valence-corrected chi connectivity index (χ3v) is 1.57. The molecule has 0 fully saturated rings. The van der Waals surface area contributed by atoms with Crippen LogP contribution in [0.5, 0.6) is 0 Å². The lowest BCUT2D eigenvalue weighted by molar-refractivity contribution is 0.928. The monoisotopic (exact) mass is 172 g/mol. The Morgan fingerprint density at radius 2 is 1.43 bits per heavy atom. The molecule has 0 saturated heterocycles. The van der Waals surface area contributed by atoms with Gasteiger partial charge in [0.2, 0.25) is 0 Å². The molecular weight excluding hydrogens is 159 g/mol. The van der Waals surface area contributed by atoms with Crippen LogP contribution in [0.25, 0.3) is 0 Å². The van der Waals surface area contributed by atoms with E-state index in [0.29, 0.717) is 0 Å². The van der Waals surface area contributed by atoms with Crippen molar-refractivity contribution in [3.8, 4) is 0 Å². The predicted octanol–water partition coefficient (Wildman–Crippen LogP) is -2.54. The molecule has 1 nitrogen and oxygen atoms in total. The number of hydrogen-bond donors (Lipinski definition) is 1. The summed E-state index contributed by atoms with van der Waals surface area (Å²) in [6.45, 7) is 2.77. The van der Waals surface area contributed by atoms with Crippen LogP contribution >= 0.6 is 0 Å². The van der Waals surface area contributed by atoms with Crippen molar-refractivity contribution >= 4 is 63.8 Å². The van der Waals surface area contributed by atoms with Crippen LogP contribution in [0.4, 0.5) is 0 Å². The molecule has 2 N–H and O–H groups in total. The van der Waals surface area contributed by atoms with Crippen LogP contribution in [0.3, 0.4) is 0 Å². The fourth-order valence-corrected chi connectivity index (χ4v) is 0.842. The fraction of sp³-hybridized carbons (Fsp3) is 1.00. The summed E-state index contributed by atoms with van der Waals surface area (Å²) >= 11 is 0. The van der Waals surface area contributed by atoms with Gasteiger partial charge in [-0.2, -0.15) is 0 Å². The Kier molecular flexibility index (Phi) is 14.1. The van der Waals surface area contributed by atoms with Gasteiger partial charge in [0, 0.05) is 49.4 Å². The summed E-state index contributed by atoms with van der Waals surface area (Å²) < 4.78 is 0. The Morgan fingerprint density at radius 1 is 0.857 bits per heavy atom. The van der Waals surface area contributed by atoms with Gasteiger partial charge in [-0.25, -0.2) is 0 Å². The first-order chi connectivity index (χ1) is 6.91. The summed E-state index contributed by atoms with van der Waals surface area (Å²) in [5.41, 5.74) is 5.36. The number of rotatable bonds is 11. The summed E-state index contributed by atoms with van der Waals surface area (Å²) in [4.78, 5) is 0. The van der Waals surface area contributed by atoms with E-state index in [1.54, 1.807) is 0 Å². The van der Waals surface area contributed by atoms with Gasteiger partial charge in [0.25, 0.3) is 0 Å². The molecular formula is C4H11B9N. The quantitative estimate of drug-likeness (QED) is 0.268. The van der Waals surface area contributed by atoms with Gasteiger partial charge < -0.3 is 5.73 Å². The van der Waals surface area contributed by atoms with Gasteiger partial charge in [-0.15, -0.1) is 6.82 Å². The van der Waals surface area contributed by atoms with Crippen LogP contribution < -0.4 is 5.73 Å². The Morgan fingerprint density at radius 3 is 2.00 bits per heavy atom. The SMILES string of the molecule is C[B][B][B][B][B][B][B][B][B]CCCN. The van der Waals surface area contributed by atoms with Crippen LogP contribution in [0.1, 0.15) is 6.42 Å². The van der Waals surface area contributed by atoms with Crippen molar-refractivity contribution in [3.63, 3.8) is 0 Å². The standard InChI is InChI=1S/C4H11B9N/c1-5-7-9-11-13-12-10-8-6-3-2-4-14/h2-4,14H2,1H3. The van der Waals surface area contributed by atoms with Crippen molar-refractivity contribution in [1.82, 2.24) is 0 Å². The maximum Gasteiger partial charge on any atom is 0.0545 e. The number of hydrogen-bond acceptors (Lipinski definition) is 1. The molecule has 10 heteroatoms. The van der Waals surface area contributed by atoms with E-state index in [0.717, 1.165) is 19.3 Å². The molecule has 0 atom stereocenters. The van der Waals surface area contributed by atoms with E-state index in [-0.39, 0.29) is 0 Å². The second-order valence-corrected chi connectivity index (χ2v) is 2.85. The molecule has 0 aliphatic rings. The Labute approximate surface area is 95.9 Å². The van der Waals surface area contributed by atoms with Crippen molar-refractivity contribution in [2.24, 2.45) is 5.73 Å². The van der Waals surface area contributed by atoms with Crippen LogP contribution in [-0.4, -0.2) is 70.3 Å². The molecule has 0 heterocycles. The van der Waals surface area contributed by atoms with E-state index in [9.17, 15) is 0 Å². The van der Waals surface area contributed by atoms with Crippen molar-refractivity contribution < 1.29 is 0 Å². The minimum atomic E-state index is 0.770. The van der Waals surface area contributed by atoms with Crippen LogP contribution in [0, 0.1) is 0 Å². The first-order valence-corrected chi connectivity index (χ1v) is 5.06. The fourth-order valence-electron chi connectivity index (χ4n) is 0.842. The lowest BCUT2D eigenvalue weighted by Gasteiger charge is -1.96. The Hall–Kier alpha value is 0.544. The summed E-state index contributed by atoms with van der Waals surface area (Å²) in [6.07, 6.45) is 2.13. The van der Waals surface area contributed by atoms with Gasteiger partial charge in [-0.05, 0) is 13.0 Å². The van der Waals surface area contributed by atoms with Crippen LogP contribution in [0.2, 0.25) is 13.1 Å². The van der Waals surface area contributed by atoms with Crippen molar-refractivity contribution in [2.45, 2.75) is 19.6 Å². The molecule has 0 amide bonds. The summed E-state index contributed by atoms with van der Waals surface area (Å²) in [5.74, 6) is 0. The van der Waals surface area contributed by atoms with Crippen molar-refractivity contribution in [3.05, 3.63) is 0 Å². The molecule has 0 unspecified atom stereocenters. The third kappa shape index (κ3) is 12.5. The highest BCUT2D eigenvalue weighted by Crippen LogP contribution is 1.81. The molecule has 9 radical (unpaired) electrons. The van der Waals surface area contributed by atoms with Gasteiger partial charge >= 0.3 is 0 Å². The minimum Gasteiger partial charge on any atom is -0.331 e. The third-order valence-electron chi connectivity index (χ3n) is 1.57. The highest BCUT2D eigenvalue weighted by atomic mass is 14.5. The zero-order valence-electron chi connectivity index (χ0n) is 8.89. The van der Waals surface area contributed by atoms with Gasteiger partial charge in [0.1, 0.15) is 0 Å². The molecule has 0 aromatic carbocycles. The molecule has 59 valence electrons. The minimum absolute atomic E-state index is 0.770. The van der Waals surface area contributed by atoms with E-state index >= 15 is 0 Å². The molecule has 0 aliphatic carbocycles. The Balaban J connectivity index is 2.78. The van der Waals surface area contributed by atoms with Crippen molar-refractivity contribution in [2.75, 3.05) is 6.54 Å². The molecule has 0 rings (SSSR count). The molecule has 0 aliphatic heterocycles. The van der Waals surface area contributed by atoms with Crippen molar-refractivity contribution in [1.29, 1.82) is 0 Å². The average Bonchev–Trinajstić information content (AvgIpc) is 2.21. The largest absolute Gasteiger partial charge is 0.331 e. The van der Waals surface area contributed by atoms with Gasteiger partial charge in [-0.1, -0.05) is 6.32 Å². The first-order valence-electron chi connectivity index (χ1n) is 5.06. The molecule has 0 aromatic rings. The summed E-state index contributed by atoms with van der Waals surface area (Å²) in [6, 6.07) is 0. The summed E-state index contributed by atoms with van der Waals surface area (Å²) in [7, 11) is 18.2. The van der Waals surface area contributed by atoms with Crippen LogP contribution in [-0.2, 0) is 0 Å². The molecule has 14 heavy (non-hydrogen) atoms. The highest BCUT2D eigenvalue weighted by Gasteiger charge is 1.96. The van der Waals surface area contributed by atoms with Gasteiger partial charge in [0.15, 0.2) is 0 Å². The Bertz CT molecular complexity index is 90.8. The molecule has 0 bridgehead atoms. The smallest absolute Gasteiger partial charge is 0.0545 e. The zero-order valence-corrected chi connectivity index (χ0v) is 8.89. The van der Waals surface area contributed by atoms with Gasteiger partial charge in [0.05, 0.1) is 14.3 Å². The van der Waals surface area contributed by atoms with E-state index in [4.69, 9.17) is 5.73 Å². The second-order valence-electron chi connectivity index (χ2n) is 2.85. The summed E-state index contributed by atoms with van der Waals surface area (Å²) in [5, 5.41) is 0. The average molecular weight is 170 g/mol. The van der Waals surface area contributed by atoms with E-state index in [1.165, 1.54) is 0 Å². The van der Waals surface area contributed by atoms with E-state index in [2.05, 4.69) is 14.2 Å². The lowest BCUT2D eigenvalue weighted by atomic mass is 8.89. The zero-order chi connectivity index (χ0) is 10.5. The predicted molar refractivity (Wildman–Crippen MR) is 76.1 cm³/mol. The van der Waals surface area contributed by atoms with Gasteiger partial charge in [-0.3, -0.25) is 0 Å². The normalized spacial score (nSPS) is 8.14.